The number of carbonyl (C=O) groups excluding carboxylic acids is 1. The molecule has 0 spiro atoms. The third-order valence-electron chi connectivity index (χ3n) is 5.51. The zero-order chi connectivity index (χ0) is 16.8. The van der Waals surface area contributed by atoms with Crippen molar-refractivity contribution in [1.82, 2.24) is 15.2 Å². The van der Waals surface area contributed by atoms with E-state index >= 15 is 0 Å². The normalized spacial score (nSPS) is 24.4. The molecule has 1 aromatic carbocycles. The third kappa shape index (κ3) is 2.69. The number of aromatic nitrogens is 1. The van der Waals surface area contributed by atoms with Gasteiger partial charge in [-0.15, -0.1) is 0 Å². The Morgan fingerprint density at radius 3 is 2.79 bits per heavy atom. The molecule has 1 saturated carbocycles. The molecule has 1 N–H and O–H groups in total. The Bertz CT molecular complexity index is 797. The van der Waals surface area contributed by atoms with Gasteiger partial charge in [0.1, 0.15) is 0 Å². The SMILES string of the molecule is Cc1ccc2nc(C3CC3)cc(C(=O)N3CCNC(C)C3C)c2c1. The average molecular weight is 323 g/mol. The molecule has 24 heavy (non-hydrogen) atoms. The highest BCUT2D eigenvalue weighted by Crippen LogP contribution is 2.40. The Morgan fingerprint density at radius 2 is 2.04 bits per heavy atom. The first-order chi connectivity index (χ1) is 11.5. The number of hydrogen-bond donors (Lipinski definition) is 1. The van der Waals surface area contributed by atoms with E-state index in [2.05, 4.69) is 50.4 Å². The molecule has 2 heterocycles. The molecule has 2 aromatic rings. The summed E-state index contributed by atoms with van der Waals surface area (Å²) in [6, 6.07) is 8.81. The van der Waals surface area contributed by atoms with Gasteiger partial charge in [-0.3, -0.25) is 9.78 Å². The van der Waals surface area contributed by atoms with Crippen LogP contribution in [-0.4, -0.2) is 41.0 Å². The van der Waals surface area contributed by atoms with E-state index in [1.807, 2.05) is 4.90 Å². The summed E-state index contributed by atoms with van der Waals surface area (Å²) in [6.45, 7) is 7.96. The van der Waals surface area contributed by atoms with Crippen LogP contribution < -0.4 is 5.32 Å². The van der Waals surface area contributed by atoms with Crippen LogP contribution in [0, 0.1) is 6.92 Å². The number of nitrogens with zero attached hydrogens (tertiary/aromatic N) is 2. The van der Waals surface area contributed by atoms with Gasteiger partial charge in [0, 0.05) is 42.2 Å². The summed E-state index contributed by atoms with van der Waals surface area (Å²) in [5.41, 5.74) is 4.03. The molecule has 4 rings (SSSR count). The van der Waals surface area contributed by atoms with Crippen LogP contribution in [-0.2, 0) is 0 Å². The molecule has 4 heteroatoms. The monoisotopic (exact) mass is 323 g/mol. The standard InChI is InChI=1S/C20H25N3O/c1-12-4-7-18-16(10-12)17(11-19(22-18)15-5-6-15)20(24)23-9-8-21-13(2)14(23)3/h4,7,10-11,13-15,21H,5-6,8-9H2,1-3H3. The van der Waals surface area contributed by atoms with E-state index < -0.39 is 0 Å². The van der Waals surface area contributed by atoms with E-state index in [-0.39, 0.29) is 11.9 Å². The van der Waals surface area contributed by atoms with Crippen molar-refractivity contribution in [3.63, 3.8) is 0 Å². The molecule has 126 valence electrons. The number of carbonyl (C=O) groups is 1. The van der Waals surface area contributed by atoms with E-state index in [1.54, 1.807) is 0 Å². The second-order valence-electron chi connectivity index (χ2n) is 7.37. The summed E-state index contributed by atoms with van der Waals surface area (Å²) >= 11 is 0. The molecule has 1 aliphatic heterocycles. The second-order valence-corrected chi connectivity index (χ2v) is 7.37. The highest BCUT2D eigenvalue weighted by Gasteiger charge is 2.31. The number of amides is 1. The number of nitrogens with one attached hydrogen (secondary N) is 1. The Labute approximate surface area is 143 Å². The maximum atomic E-state index is 13.3. The summed E-state index contributed by atoms with van der Waals surface area (Å²) in [5.74, 6) is 0.692. The number of fused-ring (bicyclic) bond motifs is 1. The Balaban J connectivity index is 1.81. The van der Waals surface area contributed by atoms with Gasteiger partial charge < -0.3 is 10.2 Å². The van der Waals surface area contributed by atoms with Crippen molar-refractivity contribution in [2.24, 2.45) is 0 Å². The first kappa shape index (κ1) is 15.6. The molecule has 0 bridgehead atoms. The summed E-state index contributed by atoms with van der Waals surface area (Å²) in [7, 11) is 0. The summed E-state index contributed by atoms with van der Waals surface area (Å²) < 4.78 is 0. The maximum absolute atomic E-state index is 13.3. The van der Waals surface area contributed by atoms with E-state index in [0.29, 0.717) is 12.0 Å². The number of pyridine rings is 1. The smallest absolute Gasteiger partial charge is 0.254 e. The minimum atomic E-state index is 0.149. The molecule has 2 aliphatic rings. The number of piperazine rings is 1. The van der Waals surface area contributed by atoms with E-state index in [4.69, 9.17) is 4.98 Å². The molecule has 2 atom stereocenters. The van der Waals surface area contributed by atoms with Gasteiger partial charge in [0.2, 0.25) is 0 Å². The van der Waals surface area contributed by atoms with Gasteiger partial charge in [-0.05, 0) is 51.8 Å². The Morgan fingerprint density at radius 1 is 1.25 bits per heavy atom. The Hall–Kier alpha value is -1.94. The van der Waals surface area contributed by atoms with Gasteiger partial charge in [0.05, 0.1) is 11.1 Å². The van der Waals surface area contributed by atoms with Crippen molar-refractivity contribution in [2.45, 2.75) is 51.6 Å². The molecule has 1 amide bonds. The van der Waals surface area contributed by atoms with Crippen molar-refractivity contribution >= 4 is 16.8 Å². The highest BCUT2D eigenvalue weighted by atomic mass is 16.2. The topological polar surface area (TPSA) is 45.2 Å². The highest BCUT2D eigenvalue weighted by molar-refractivity contribution is 6.06. The second kappa shape index (κ2) is 5.85. The third-order valence-corrected chi connectivity index (χ3v) is 5.51. The quantitative estimate of drug-likeness (QED) is 0.923. The average Bonchev–Trinajstić information content (AvgIpc) is 3.41. The van der Waals surface area contributed by atoms with Gasteiger partial charge in [-0.25, -0.2) is 0 Å². The number of hydrogen-bond acceptors (Lipinski definition) is 3. The lowest BCUT2D eigenvalue weighted by Crippen LogP contribution is -2.57. The van der Waals surface area contributed by atoms with E-state index in [0.717, 1.165) is 35.2 Å². The fourth-order valence-electron chi connectivity index (χ4n) is 3.62. The molecular weight excluding hydrogens is 298 g/mol. The number of aryl methyl sites for hydroxylation is 1. The van der Waals surface area contributed by atoms with Crippen LogP contribution in [0.3, 0.4) is 0 Å². The van der Waals surface area contributed by atoms with Crippen molar-refractivity contribution in [3.8, 4) is 0 Å². The molecule has 1 saturated heterocycles. The number of rotatable bonds is 2. The maximum Gasteiger partial charge on any atom is 0.254 e. The zero-order valence-corrected chi connectivity index (χ0v) is 14.7. The molecule has 4 nitrogen and oxygen atoms in total. The van der Waals surface area contributed by atoms with Crippen molar-refractivity contribution in [1.29, 1.82) is 0 Å². The first-order valence-corrected chi connectivity index (χ1v) is 9.00. The molecule has 1 aliphatic carbocycles. The lowest BCUT2D eigenvalue weighted by Gasteiger charge is -2.38. The van der Waals surface area contributed by atoms with E-state index in [1.165, 1.54) is 18.4 Å². The molecule has 1 aromatic heterocycles. The van der Waals surface area contributed by atoms with Crippen molar-refractivity contribution < 1.29 is 4.79 Å². The van der Waals surface area contributed by atoms with Crippen LogP contribution in [0.4, 0.5) is 0 Å². The van der Waals surface area contributed by atoms with Crippen molar-refractivity contribution in [2.75, 3.05) is 13.1 Å². The first-order valence-electron chi connectivity index (χ1n) is 9.00. The van der Waals surface area contributed by atoms with Crippen LogP contribution >= 0.6 is 0 Å². The molecular formula is C20H25N3O. The fourth-order valence-corrected chi connectivity index (χ4v) is 3.62. The lowest BCUT2D eigenvalue weighted by molar-refractivity contribution is 0.0605. The predicted octanol–water partition coefficient (Wildman–Crippen LogP) is 3.24. The van der Waals surface area contributed by atoms with Gasteiger partial charge >= 0.3 is 0 Å². The lowest BCUT2D eigenvalue weighted by atomic mass is 10.0. The van der Waals surface area contributed by atoms with Crippen LogP contribution in [0.2, 0.25) is 0 Å². The summed E-state index contributed by atoms with van der Waals surface area (Å²) in [6.07, 6.45) is 2.39. The largest absolute Gasteiger partial charge is 0.333 e. The van der Waals surface area contributed by atoms with Crippen molar-refractivity contribution in [3.05, 3.63) is 41.1 Å². The summed E-state index contributed by atoms with van der Waals surface area (Å²) in [4.78, 5) is 20.2. The van der Waals surface area contributed by atoms with Crippen LogP contribution in [0.15, 0.2) is 24.3 Å². The summed E-state index contributed by atoms with van der Waals surface area (Å²) in [5, 5.41) is 4.44. The zero-order valence-electron chi connectivity index (χ0n) is 14.7. The predicted molar refractivity (Wildman–Crippen MR) is 96.4 cm³/mol. The van der Waals surface area contributed by atoms with Gasteiger partial charge in [0.15, 0.2) is 0 Å². The molecule has 2 fully saturated rings. The van der Waals surface area contributed by atoms with Crippen LogP contribution in [0.25, 0.3) is 10.9 Å². The fraction of sp³-hybridized carbons (Fsp3) is 0.500. The van der Waals surface area contributed by atoms with Crippen LogP contribution in [0.5, 0.6) is 0 Å². The Kier molecular flexibility index (Phi) is 3.80. The molecule has 2 unspecified atom stereocenters. The molecule has 0 radical (unpaired) electrons. The van der Waals surface area contributed by atoms with Gasteiger partial charge in [0.25, 0.3) is 5.91 Å². The minimum Gasteiger partial charge on any atom is -0.333 e. The number of benzene rings is 1. The van der Waals surface area contributed by atoms with Crippen LogP contribution in [0.1, 0.15) is 54.2 Å². The van der Waals surface area contributed by atoms with E-state index in [9.17, 15) is 4.79 Å². The van der Waals surface area contributed by atoms with Gasteiger partial charge in [-0.1, -0.05) is 11.6 Å². The minimum absolute atomic E-state index is 0.149. The van der Waals surface area contributed by atoms with Gasteiger partial charge in [-0.2, -0.15) is 0 Å².